The molecule has 0 aliphatic rings. The first kappa shape index (κ1) is 16.2. The number of rotatable bonds is 5. The number of anilines is 1. The number of nitrogens with one attached hydrogen (secondary N) is 2. The molecule has 0 aliphatic heterocycles. The highest BCUT2D eigenvalue weighted by molar-refractivity contribution is 7.95. The summed E-state index contributed by atoms with van der Waals surface area (Å²) in [6.45, 7) is 0. The number of tetrazole rings is 1. The molecule has 1 aromatic heterocycles. The molecule has 0 atom stereocenters. The van der Waals surface area contributed by atoms with Crippen molar-refractivity contribution >= 4 is 33.4 Å². The van der Waals surface area contributed by atoms with Crippen LogP contribution in [0.5, 0.6) is 0 Å². The molecule has 0 spiro atoms. The summed E-state index contributed by atoms with van der Waals surface area (Å²) in [4.78, 5) is 0. The van der Waals surface area contributed by atoms with E-state index in [4.69, 9.17) is 11.6 Å². The molecule has 0 radical (unpaired) electrons. The number of hydrogen-bond donors (Lipinski definition) is 2. The zero-order valence-electron chi connectivity index (χ0n) is 12.2. The Morgan fingerprint density at radius 3 is 2.71 bits per heavy atom. The van der Waals surface area contributed by atoms with Gasteiger partial charge >= 0.3 is 0 Å². The fourth-order valence-corrected chi connectivity index (χ4v) is 3.03. The van der Waals surface area contributed by atoms with Gasteiger partial charge in [-0.2, -0.15) is 5.21 Å². The summed E-state index contributed by atoms with van der Waals surface area (Å²) in [5.41, 5.74) is 1.64. The Labute approximate surface area is 143 Å². The summed E-state index contributed by atoms with van der Waals surface area (Å²) in [5, 5.41) is 15.1. The van der Waals surface area contributed by atoms with Crippen LogP contribution in [0.4, 0.5) is 5.69 Å². The zero-order valence-corrected chi connectivity index (χ0v) is 13.8. The number of sulfonamides is 1. The Balaban J connectivity index is 1.80. The lowest BCUT2D eigenvalue weighted by atomic mass is 10.2. The lowest BCUT2D eigenvalue weighted by Gasteiger charge is -2.05. The summed E-state index contributed by atoms with van der Waals surface area (Å²) in [7, 11) is -3.69. The first-order valence-electron chi connectivity index (χ1n) is 6.83. The van der Waals surface area contributed by atoms with Gasteiger partial charge in [0.25, 0.3) is 10.0 Å². The van der Waals surface area contributed by atoms with E-state index < -0.39 is 10.0 Å². The van der Waals surface area contributed by atoms with E-state index in [1.54, 1.807) is 48.5 Å². The van der Waals surface area contributed by atoms with Crippen LogP contribution in [-0.4, -0.2) is 29.0 Å². The molecule has 0 saturated heterocycles. The molecule has 0 fully saturated rings. The minimum Gasteiger partial charge on any atom is -0.280 e. The molecule has 1 heterocycles. The standard InChI is InChI=1S/C15H12ClN5O2S/c16-14-7-2-1-4-11(14)8-9-24(22,23)19-13-6-3-5-12(10-13)15-17-20-21-18-15/h1-10,19H,(H,17,18,20,21)/b9-8+. The SMILES string of the molecule is O=S(=O)(/C=C/c1ccccc1Cl)Nc1cccc(-c2nn[nH]n2)c1. The fourth-order valence-electron chi connectivity index (χ4n) is 1.98. The lowest BCUT2D eigenvalue weighted by Crippen LogP contribution is -2.08. The normalized spacial score (nSPS) is 11.7. The summed E-state index contributed by atoms with van der Waals surface area (Å²) >= 11 is 6.00. The molecule has 7 nitrogen and oxygen atoms in total. The van der Waals surface area contributed by atoms with E-state index in [0.717, 1.165) is 5.41 Å². The van der Waals surface area contributed by atoms with Crippen molar-refractivity contribution in [2.45, 2.75) is 0 Å². The number of benzene rings is 2. The van der Waals surface area contributed by atoms with Gasteiger partial charge in [0.05, 0.1) is 5.41 Å². The molecule has 3 rings (SSSR count). The van der Waals surface area contributed by atoms with Gasteiger partial charge in [-0.1, -0.05) is 41.9 Å². The Kier molecular flexibility index (Phi) is 4.59. The molecule has 0 bridgehead atoms. The van der Waals surface area contributed by atoms with Crippen LogP contribution in [0.2, 0.25) is 5.02 Å². The molecule has 122 valence electrons. The lowest BCUT2D eigenvalue weighted by molar-refractivity contribution is 0.609. The maximum absolute atomic E-state index is 12.2. The molecule has 0 unspecified atom stereocenters. The molecule has 2 N–H and O–H groups in total. The zero-order chi connectivity index (χ0) is 17.0. The van der Waals surface area contributed by atoms with E-state index in [9.17, 15) is 8.42 Å². The van der Waals surface area contributed by atoms with Gasteiger partial charge in [0.15, 0.2) is 0 Å². The van der Waals surface area contributed by atoms with E-state index >= 15 is 0 Å². The summed E-state index contributed by atoms with van der Waals surface area (Å²) in [6, 6.07) is 13.7. The van der Waals surface area contributed by atoms with Crippen molar-refractivity contribution in [2.24, 2.45) is 0 Å². The minimum atomic E-state index is -3.69. The van der Waals surface area contributed by atoms with Crippen LogP contribution in [-0.2, 0) is 10.0 Å². The molecular formula is C15H12ClN5O2S. The van der Waals surface area contributed by atoms with Crippen molar-refractivity contribution in [1.29, 1.82) is 0 Å². The second kappa shape index (κ2) is 6.81. The molecule has 9 heteroatoms. The van der Waals surface area contributed by atoms with Crippen molar-refractivity contribution in [2.75, 3.05) is 4.72 Å². The molecular weight excluding hydrogens is 350 g/mol. The van der Waals surface area contributed by atoms with Crippen LogP contribution in [0.1, 0.15) is 5.56 Å². The van der Waals surface area contributed by atoms with Crippen LogP contribution >= 0.6 is 11.6 Å². The maximum atomic E-state index is 12.2. The van der Waals surface area contributed by atoms with Gasteiger partial charge in [0.2, 0.25) is 5.82 Å². The second-order valence-electron chi connectivity index (χ2n) is 4.79. The van der Waals surface area contributed by atoms with E-state index in [1.807, 2.05) is 0 Å². The first-order valence-corrected chi connectivity index (χ1v) is 8.75. The van der Waals surface area contributed by atoms with Gasteiger partial charge in [-0.15, -0.1) is 10.2 Å². The predicted octanol–water partition coefficient (Wildman–Crippen LogP) is 2.93. The Hall–Kier alpha value is -2.71. The number of halogens is 1. The minimum absolute atomic E-state index is 0.377. The number of H-pyrrole nitrogens is 1. The van der Waals surface area contributed by atoms with Crippen LogP contribution in [0, 0.1) is 0 Å². The highest BCUT2D eigenvalue weighted by atomic mass is 35.5. The van der Waals surface area contributed by atoms with E-state index in [-0.39, 0.29) is 0 Å². The van der Waals surface area contributed by atoms with Crippen molar-refractivity contribution in [3.05, 3.63) is 64.5 Å². The van der Waals surface area contributed by atoms with Crippen LogP contribution < -0.4 is 4.72 Å². The maximum Gasteiger partial charge on any atom is 0.255 e. The van der Waals surface area contributed by atoms with Crippen LogP contribution in [0.15, 0.2) is 53.9 Å². The van der Waals surface area contributed by atoms with Crippen molar-refractivity contribution in [3.8, 4) is 11.4 Å². The van der Waals surface area contributed by atoms with Gasteiger partial charge in [-0.3, -0.25) is 4.72 Å². The van der Waals surface area contributed by atoms with E-state index in [0.29, 0.717) is 27.7 Å². The number of aromatic amines is 1. The van der Waals surface area contributed by atoms with Crippen molar-refractivity contribution < 1.29 is 8.42 Å². The first-order chi connectivity index (χ1) is 11.5. The average molecular weight is 362 g/mol. The Morgan fingerprint density at radius 1 is 1.12 bits per heavy atom. The summed E-state index contributed by atoms with van der Waals surface area (Å²) in [6.07, 6.45) is 1.44. The molecule has 24 heavy (non-hydrogen) atoms. The fraction of sp³-hybridized carbons (Fsp3) is 0. The highest BCUT2D eigenvalue weighted by Gasteiger charge is 2.09. The number of aromatic nitrogens is 4. The third-order valence-corrected chi connectivity index (χ3v) is 4.42. The number of nitrogens with zero attached hydrogens (tertiary/aromatic N) is 3. The van der Waals surface area contributed by atoms with Gasteiger partial charge < -0.3 is 0 Å². The van der Waals surface area contributed by atoms with Gasteiger partial charge in [-0.05, 0) is 35.1 Å². The van der Waals surface area contributed by atoms with Gasteiger partial charge in [0.1, 0.15) is 0 Å². The monoisotopic (exact) mass is 361 g/mol. The predicted molar refractivity (Wildman–Crippen MR) is 92.6 cm³/mol. The second-order valence-corrected chi connectivity index (χ2v) is 6.76. The third-order valence-electron chi connectivity index (χ3n) is 3.06. The number of hydrogen-bond acceptors (Lipinski definition) is 5. The average Bonchev–Trinajstić information content (AvgIpc) is 3.08. The molecule has 2 aromatic carbocycles. The van der Waals surface area contributed by atoms with Gasteiger partial charge in [0, 0.05) is 16.3 Å². The largest absolute Gasteiger partial charge is 0.280 e. The smallest absolute Gasteiger partial charge is 0.255 e. The third kappa shape index (κ3) is 3.98. The van der Waals surface area contributed by atoms with Crippen LogP contribution in [0.3, 0.4) is 0 Å². The Morgan fingerprint density at radius 2 is 1.96 bits per heavy atom. The molecule has 3 aromatic rings. The molecule has 0 saturated carbocycles. The van der Waals surface area contributed by atoms with E-state index in [2.05, 4.69) is 25.3 Å². The topological polar surface area (TPSA) is 101 Å². The van der Waals surface area contributed by atoms with E-state index in [1.165, 1.54) is 6.08 Å². The van der Waals surface area contributed by atoms with Crippen LogP contribution in [0.25, 0.3) is 17.5 Å². The summed E-state index contributed by atoms with van der Waals surface area (Å²) < 4.78 is 26.8. The molecule has 0 amide bonds. The highest BCUT2D eigenvalue weighted by Crippen LogP contribution is 2.20. The van der Waals surface area contributed by atoms with Crippen molar-refractivity contribution in [3.63, 3.8) is 0 Å². The summed E-state index contributed by atoms with van der Waals surface area (Å²) in [5.74, 6) is 0.377. The molecule has 0 aliphatic carbocycles. The van der Waals surface area contributed by atoms with Gasteiger partial charge in [-0.25, -0.2) is 8.42 Å². The Bertz CT molecular complexity index is 971. The van der Waals surface area contributed by atoms with Crippen molar-refractivity contribution in [1.82, 2.24) is 20.6 Å². The quantitative estimate of drug-likeness (QED) is 0.727.